The van der Waals surface area contributed by atoms with E-state index in [1.165, 1.54) is 33.7 Å². The fraction of sp³-hybridized carbons (Fsp3) is 0.291. The van der Waals surface area contributed by atoms with E-state index in [-0.39, 0.29) is 0 Å². The summed E-state index contributed by atoms with van der Waals surface area (Å²) in [6.07, 6.45) is 23.1. The number of allylic oxidation sites excluding steroid dienone is 11. The number of aryl methyl sites for hydroxylation is 6. The fourth-order valence-corrected chi connectivity index (χ4v) is 16.1. The first kappa shape index (κ1) is 100. The van der Waals surface area contributed by atoms with Crippen molar-refractivity contribution in [3.63, 3.8) is 0 Å². The number of anilines is 3. The number of pyridine rings is 8. The van der Waals surface area contributed by atoms with Gasteiger partial charge in [-0.25, -0.2) is 44.9 Å². The lowest BCUT2D eigenvalue weighted by Crippen LogP contribution is -2.10. The fourth-order valence-electron chi connectivity index (χ4n) is 14.2. The maximum absolute atomic E-state index is 13.3. The van der Waals surface area contributed by atoms with Crippen LogP contribution in [0.4, 0.5) is 21.7 Å². The van der Waals surface area contributed by atoms with E-state index < -0.39 is 5.95 Å². The highest BCUT2D eigenvalue weighted by Gasteiger charge is 2.24. The van der Waals surface area contributed by atoms with Crippen LogP contribution in [0.15, 0.2) is 264 Å². The number of rotatable bonds is 12. The molecule has 3 N–H and O–H groups in total. The third-order valence-electron chi connectivity index (χ3n) is 21.2. The van der Waals surface area contributed by atoms with Gasteiger partial charge in [0.05, 0.1) is 11.4 Å². The molecule has 0 saturated carbocycles. The van der Waals surface area contributed by atoms with Crippen molar-refractivity contribution < 1.29 is 4.39 Å². The maximum Gasteiger partial charge on any atom is 0.217 e. The summed E-state index contributed by atoms with van der Waals surface area (Å²) in [4.78, 5) is 74.0. The molecule has 0 radical (unpaired) electrons. The summed E-state index contributed by atoms with van der Waals surface area (Å²) >= 11 is 36.2. The monoisotopic (exact) mass is 1860 g/mol. The second-order valence-electron chi connectivity index (χ2n) is 32.7. The Morgan fingerprint density at radius 1 is 0.315 bits per heavy atom. The largest absolute Gasteiger partial charge is 0.388 e. The molecular weight excluding hydrogens is 1750 g/mol. The van der Waals surface area contributed by atoms with E-state index in [0.717, 1.165) is 227 Å². The second kappa shape index (κ2) is 47.7. The number of nitrogens with one attached hydrogen (secondary N) is 1. The molecule has 130 heavy (non-hydrogen) atoms. The van der Waals surface area contributed by atoms with Crippen LogP contribution in [0.5, 0.6) is 0 Å². The van der Waals surface area contributed by atoms with Gasteiger partial charge in [0.15, 0.2) is 0 Å². The quantitative estimate of drug-likeness (QED) is 0.109. The molecule has 1 aromatic carbocycles. The molecule has 18 rings (SSSR count). The van der Waals surface area contributed by atoms with Gasteiger partial charge < -0.3 is 16.0 Å². The zero-order chi connectivity index (χ0) is 94.2. The van der Waals surface area contributed by atoms with Gasteiger partial charge >= 0.3 is 0 Å². The number of hydrogen-bond donors (Lipinski definition) is 2. The number of aliphatic imine (C=N–C) groups is 9. The van der Waals surface area contributed by atoms with E-state index in [1.54, 1.807) is 25.3 Å². The molecule has 17 heterocycles. The van der Waals surface area contributed by atoms with Gasteiger partial charge in [-0.05, 0) is 240 Å². The molecule has 0 aliphatic carbocycles. The lowest BCUT2D eigenvalue weighted by atomic mass is 10.0. The summed E-state index contributed by atoms with van der Waals surface area (Å²) in [6, 6.07) is 40.1. The summed E-state index contributed by atoms with van der Waals surface area (Å²) in [7, 11) is 5.85. The lowest BCUT2D eigenvalue weighted by Gasteiger charge is -2.11. The molecule has 0 bridgehead atoms. The Bertz CT molecular complexity index is 5590. The predicted octanol–water partition coefficient (Wildman–Crippen LogP) is 27.5. The van der Waals surface area contributed by atoms with Crippen molar-refractivity contribution in [2.75, 3.05) is 37.1 Å². The molecule has 0 unspecified atom stereocenters. The van der Waals surface area contributed by atoms with Crippen molar-refractivity contribution in [3.05, 3.63) is 303 Å². The van der Waals surface area contributed by atoms with Crippen LogP contribution in [-0.4, -0.2) is 112 Å². The summed E-state index contributed by atoms with van der Waals surface area (Å²) in [5, 5.41) is 6.74. The minimum absolute atomic E-state index is 0.408. The van der Waals surface area contributed by atoms with Crippen molar-refractivity contribution in [3.8, 4) is 0 Å². The Kier molecular flexibility index (Phi) is 36.8. The van der Waals surface area contributed by atoms with Crippen molar-refractivity contribution in [1.29, 1.82) is 0 Å². The Hall–Kier alpha value is -11.8. The maximum atomic E-state index is 13.3. The Labute approximate surface area is 794 Å². The van der Waals surface area contributed by atoms with E-state index >= 15 is 0 Å². The summed E-state index contributed by atoms with van der Waals surface area (Å²) in [5.41, 5.74) is 43.8. The molecule has 8 aromatic heterocycles. The first-order valence-corrected chi connectivity index (χ1v) is 45.0. The zero-order valence-electron chi connectivity index (χ0n) is 77.5. The molecular formula is C103H111Cl6FN20. The average Bonchev–Trinajstić information content (AvgIpc) is 1.78. The predicted molar refractivity (Wildman–Crippen MR) is 551 cm³/mol. The number of hydrogen-bond acceptors (Lipinski definition) is 20. The topological polar surface area (TPSA) is 256 Å². The van der Waals surface area contributed by atoms with Gasteiger partial charge in [-0.2, -0.15) is 4.39 Å². The van der Waals surface area contributed by atoms with Gasteiger partial charge in [0.2, 0.25) is 5.95 Å². The smallest absolute Gasteiger partial charge is 0.217 e. The van der Waals surface area contributed by atoms with Gasteiger partial charge in [0.25, 0.3) is 0 Å². The van der Waals surface area contributed by atoms with Gasteiger partial charge in [0, 0.05) is 270 Å². The highest BCUT2D eigenvalue weighted by atomic mass is 35.5. The van der Waals surface area contributed by atoms with Crippen molar-refractivity contribution in [2.45, 2.75) is 182 Å². The number of nitrogens with two attached hydrogens (primary N) is 1. The van der Waals surface area contributed by atoms with Crippen molar-refractivity contribution in [1.82, 2.24) is 39.9 Å². The third-order valence-corrected chi connectivity index (χ3v) is 23.1. The first-order chi connectivity index (χ1) is 62.0. The van der Waals surface area contributed by atoms with E-state index in [1.807, 2.05) is 218 Å². The molecule has 0 fully saturated rings. The van der Waals surface area contributed by atoms with Crippen LogP contribution in [0.2, 0.25) is 0 Å². The van der Waals surface area contributed by atoms with Crippen LogP contribution in [0.1, 0.15) is 225 Å². The van der Waals surface area contributed by atoms with Gasteiger partial charge in [-0.3, -0.25) is 39.9 Å². The molecule has 9 aliphatic heterocycles. The highest BCUT2D eigenvalue weighted by Crippen LogP contribution is 2.39. The highest BCUT2D eigenvalue weighted by molar-refractivity contribution is 6.37. The minimum Gasteiger partial charge on any atom is -0.388 e. The Balaban J connectivity index is 0.000000152. The zero-order valence-corrected chi connectivity index (χ0v) is 82.0. The van der Waals surface area contributed by atoms with Crippen LogP contribution in [0.25, 0.3) is 50.2 Å². The number of nitrogen functional groups attached to an aromatic ring is 1. The van der Waals surface area contributed by atoms with Gasteiger partial charge in [-0.15, -0.1) is 0 Å². The molecule has 0 spiro atoms. The van der Waals surface area contributed by atoms with E-state index in [2.05, 4.69) is 161 Å². The molecule has 0 atom stereocenters. The number of nitrogens with zero attached hydrogens (tertiary/aromatic N) is 18. The molecule has 672 valence electrons. The van der Waals surface area contributed by atoms with Crippen LogP contribution >= 0.6 is 69.6 Å². The van der Waals surface area contributed by atoms with E-state index in [9.17, 15) is 4.39 Å². The van der Waals surface area contributed by atoms with Crippen LogP contribution in [0.3, 0.4) is 0 Å². The minimum atomic E-state index is -0.408. The average molecular weight is 1860 g/mol. The van der Waals surface area contributed by atoms with Crippen LogP contribution in [-0.2, 0) is 6.42 Å². The van der Waals surface area contributed by atoms with Gasteiger partial charge in [0.1, 0.15) is 42.6 Å². The normalized spacial score (nSPS) is 15.9. The lowest BCUT2D eigenvalue weighted by molar-refractivity contribution is 0.635. The van der Waals surface area contributed by atoms with Crippen molar-refractivity contribution in [2.24, 2.45) is 44.9 Å². The Morgan fingerprint density at radius 2 is 0.646 bits per heavy atom. The van der Waals surface area contributed by atoms with E-state index in [0.29, 0.717) is 48.7 Å². The third kappa shape index (κ3) is 29.1. The number of benzene rings is 1. The SMILES string of the molecule is CC1=NC(C)=C(c2ccc(C)cn2)C1.CC1=NC(C)=C(c2ccc(C)nc2)C1.CC1=NC(Cl)=C(c2ccc(C)cn2)C1.CC1=NC(Cl)=C(c2ccc(C)nc2)C1.CC1=NC(Cl)=C(c2ccc(C)nc2)C1.CC1=NC(Cl)=C(c2ccc(N(C)C)nc2)C1.CC1=NC(F)=C(c2ccc(N)nc2)C1.CCc1ccc(C2=C(Cl)N=C(C)C2)cn1.CNc1cccc(C2=C(Cl)N=C(C)C2)c1. The molecule has 0 saturated heterocycles. The summed E-state index contributed by atoms with van der Waals surface area (Å²) in [5.74, 6) is 0.968. The summed E-state index contributed by atoms with van der Waals surface area (Å²) < 4.78 is 13.3. The molecule has 9 aliphatic rings. The number of aromatic nitrogens is 8. The standard InChI is InChI=1S/C12H14ClN3.2C12H13ClN2.2C12H14N2.3C11H11ClN2.C10H10FN3/c1-8-6-10(12(13)15-8)9-4-5-11(14-7-9)16(2)3;1-8-6-11(12(13)15-8)9-4-3-5-10(7-9)14-2;1-3-10-5-4-9(7-14-10)11-6-8(2)15-12(11)13;1-8-4-5-11(7-13-8)12-6-9(2)14-10(12)3;1-8-4-5-12(13-7-8)11-6-9(2)14-10(11)3;2*1-7-3-4-9(6-13-7)10-5-8(2)14-11(10)12;1-7-3-4-10(13-6-7)9-5-8(2)14-11(9)12;1-6-4-8(10(11)14-6)7-2-3-9(12)13-5-7/h4-5,7H,6H2,1-3H3;3-5,7,14H,6H2,1-2H3;4-5,7H,3,6H2,1-2H3;2*4-5,7H,6H2,1-3H3;3*3-4,6H,5H2,1-2H3;2-3,5H,4H2,1H3,(H2,12,13). The summed E-state index contributed by atoms with van der Waals surface area (Å²) in [6.45, 7) is 34.1. The first-order valence-electron chi connectivity index (χ1n) is 42.7. The molecule has 0 amide bonds. The Morgan fingerprint density at radius 3 is 0.954 bits per heavy atom. The molecule has 27 heteroatoms. The van der Waals surface area contributed by atoms with E-state index in [4.69, 9.17) is 75.3 Å². The molecule has 9 aromatic rings. The second-order valence-corrected chi connectivity index (χ2v) is 34.9. The molecule has 20 nitrogen and oxygen atoms in total. The number of halogens is 7. The van der Waals surface area contributed by atoms with Crippen LogP contribution in [0, 0.1) is 34.6 Å². The van der Waals surface area contributed by atoms with Crippen LogP contribution < -0.4 is 16.0 Å². The van der Waals surface area contributed by atoms with Gasteiger partial charge in [-0.1, -0.05) is 125 Å². The van der Waals surface area contributed by atoms with Crippen molar-refractivity contribution >= 4 is 188 Å².